The van der Waals surface area contributed by atoms with Crippen LogP contribution in [0.1, 0.15) is 37.2 Å². The van der Waals surface area contributed by atoms with Crippen molar-refractivity contribution in [3.63, 3.8) is 0 Å². The molecule has 1 fully saturated rings. The molecule has 0 radical (unpaired) electrons. The molecule has 1 saturated carbocycles. The molecule has 4 N–H and O–H groups in total. The van der Waals surface area contributed by atoms with Crippen molar-refractivity contribution in [3.8, 4) is 11.5 Å². The molecule has 2 aliphatic heterocycles. The minimum Gasteiger partial charge on any atom is -0.457 e. The maximum atomic E-state index is 12.8. The monoisotopic (exact) mass is 457 g/mol. The Labute approximate surface area is 195 Å². The van der Waals surface area contributed by atoms with Crippen LogP contribution in [0.15, 0.2) is 71.8 Å². The second kappa shape index (κ2) is 8.30. The molecule has 4 amide bonds. The average molecular weight is 457 g/mol. The summed E-state index contributed by atoms with van der Waals surface area (Å²) in [5.41, 5.74) is 6.65. The van der Waals surface area contributed by atoms with Gasteiger partial charge in [0.1, 0.15) is 11.5 Å². The van der Waals surface area contributed by atoms with E-state index < -0.39 is 29.0 Å². The lowest BCUT2D eigenvalue weighted by atomic mass is 9.56. The minimum absolute atomic E-state index is 0.237. The van der Waals surface area contributed by atoms with E-state index in [1.54, 1.807) is 24.3 Å². The number of amides is 4. The quantitative estimate of drug-likeness (QED) is 0.468. The summed E-state index contributed by atoms with van der Waals surface area (Å²) in [6, 6.07) is 14.5. The lowest BCUT2D eigenvalue weighted by Gasteiger charge is -2.45. The number of nitrogens with one attached hydrogen (secondary N) is 2. The van der Waals surface area contributed by atoms with Crippen molar-refractivity contribution in [2.24, 2.45) is 5.41 Å². The van der Waals surface area contributed by atoms with Crippen LogP contribution in [-0.4, -0.2) is 23.6 Å². The summed E-state index contributed by atoms with van der Waals surface area (Å²) in [5.74, 6) is -1.08. The van der Waals surface area contributed by atoms with Gasteiger partial charge in [0.05, 0.1) is 0 Å². The van der Waals surface area contributed by atoms with Crippen LogP contribution in [0.3, 0.4) is 0 Å². The smallest absolute Gasteiger partial charge is 0.255 e. The standard InChI is InChI=1S/C26H23N3O5/c27-16-6-10-18(11-7-16)34-17-8-4-15(5-9-17)19-3-1-2-12-26(19,20-13-22(30)28-24(20)32)21-14-23(31)29-25(21)33/h4-11,13-14,19H,1-3,12,27H2,(H,28,30,32)(H,29,31,33). The largest absolute Gasteiger partial charge is 0.457 e. The number of ether oxygens (including phenoxy) is 1. The highest BCUT2D eigenvalue weighted by atomic mass is 16.5. The second-order valence-corrected chi connectivity index (χ2v) is 8.76. The van der Waals surface area contributed by atoms with Crippen LogP contribution in [0.5, 0.6) is 11.5 Å². The molecule has 8 heteroatoms. The number of rotatable bonds is 5. The summed E-state index contributed by atoms with van der Waals surface area (Å²) in [5, 5.41) is 4.62. The van der Waals surface area contributed by atoms with Gasteiger partial charge >= 0.3 is 0 Å². The fraction of sp³-hybridized carbons (Fsp3) is 0.231. The van der Waals surface area contributed by atoms with Gasteiger partial charge in [-0.25, -0.2) is 0 Å². The Bertz CT molecular complexity index is 1210. The Kier molecular flexibility index (Phi) is 5.28. The van der Waals surface area contributed by atoms with Crippen molar-refractivity contribution in [1.82, 2.24) is 10.6 Å². The summed E-state index contributed by atoms with van der Waals surface area (Å²) < 4.78 is 5.89. The first-order valence-electron chi connectivity index (χ1n) is 11.2. The first-order chi connectivity index (χ1) is 16.4. The number of carbonyl (C=O) groups is 4. The number of imide groups is 2. The van der Waals surface area contributed by atoms with Gasteiger partial charge in [-0.3, -0.25) is 29.8 Å². The third-order valence-corrected chi connectivity index (χ3v) is 6.78. The van der Waals surface area contributed by atoms with Gasteiger partial charge in [0.15, 0.2) is 0 Å². The number of hydrogen-bond donors (Lipinski definition) is 3. The Morgan fingerprint density at radius 3 is 1.79 bits per heavy atom. The van der Waals surface area contributed by atoms with Gasteiger partial charge in [0.2, 0.25) is 0 Å². The van der Waals surface area contributed by atoms with Crippen LogP contribution < -0.4 is 21.1 Å². The first-order valence-corrected chi connectivity index (χ1v) is 11.2. The summed E-state index contributed by atoms with van der Waals surface area (Å²) in [7, 11) is 0. The van der Waals surface area contributed by atoms with E-state index in [9.17, 15) is 19.2 Å². The second-order valence-electron chi connectivity index (χ2n) is 8.76. The minimum atomic E-state index is -1.08. The molecule has 2 heterocycles. The van der Waals surface area contributed by atoms with E-state index in [1.165, 1.54) is 12.2 Å². The lowest BCUT2D eigenvalue weighted by Crippen LogP contribution is -2.42. The van der Waals surface area contributed by atoms with E-state index in [0.29, 0.717) is 30.0 Å². The molecule has 1 unspecified atom stereocenters. The highest BCUT2D eigenvalue weighted by Crippen LogP contribution is 2.57. The highest BCUT2D eigenvalue weighted by molar-refractivity contribution is 6.21. The molecule has 1 atom stereocenters. The van der Waals surface area contributed by atoms with E-state index in [2.05, 4.69) is 10.6 Å². The Morgan fingerprint density at radius 1 is 0.765 bits per heavy atom. The summed E-state index contributed by atoms with van der Waals surface area (Å²) in [6.07, 6.45) is 5.36. The van der Waals surface area contributed by atoms with Crippen LogP contribution >= 0.6 is 0 Å². The Morgan fingerprint density at radius 2 is 1.29 bits per heavy atom. The maximum absolute atomic E-state index is 12.8. The number of hydrogen-bond acceptors (Lipinski definition) is 6. The molecular formula is C26H23N3O5. The molecule has 172 valence electrons. The summed E-state index contributed by atoms with van der Waals surface area (Å²) in [4.78, 5) is 49.8. The first kappa shape index (κ1) is 21.6. The normalized spacial score (nSPS) is 21.6. The summed E-state index contributed by atoms with van der Waals surface area (Å²) in [6.45, 7) is 0. The third-order valence-electron chi connectivity index (χ3n) is 6.78. The number of nitrogens with two attached hydrogens (primary N) is 1. The maximum Gasteiger partial charge on any atom is 0.255 e. The predicted octanol–water partition coefficient (Wildman–Crippen LogP) is 2.87. The van der Waals surface area contributed by atoms with E-state index in [-0.39, 0.29) is 17.1 Å². The van der Waals surface area contributed by atoms with Crippen LogP contribution in [0.2, 0.25) is 0 Å². The van der Waals surface area contributed by atoms with Crippen molar-refractivity contribution < 1.29 is 23.9 Å². The van der Waals surface area contributed by atoms with E-state index >= 15 is 0 Å². The zero-order valence-corrected chi connectivity index (χ0v) is 18.3. The van der Waals surface area contributed by atoms with Crippen molar-refractivity contribution in [1.29, 1.82) is 0 Å². The van der Waals surface area contributed by atoms with Crippen LogP contribution in [0.4, 0.5) is 5.69 Å². The molecule has 3 aliphatic rings. The van der Waals surface area contributed by atoms with Gasteiger partial charge in [-0.05, 0) is 60.7 Å². The Balaban J connectivity index is 1.55. The third kappa shape index (κ3) is 3.67. The molecule has 5 rings (SSSR count). The zero-order valence-electron chi connectivity index (χ0n) is 18.3. The van der Waals surface area contributed by atoms with E-state index in [1.807, 2.05) is 24.3 Å². The van der Waals surface area contributed by atoms with Crippen LogP contribution in [-0.2, 0) is 19.2 Å². The SMILES string of the molecule is Nc1ccc(Oc2ccc(C3CCCCC3(C3=CC(=O)NC3=O)C3=CC(=O)NC3=O)cc2)cc1. The number of carbonyl (C=O) groups excluding carboxylic acids is 4. The molecule has 0 spiro atoms. The van der Waals surface area contributed by atoms with Crippen molar-refractivity contribution in [2.45, 2.75) is 31.6 Å². The molecule has 8 nitrogen and oxygen atoms in total. The van der Waals surface area contributed by atoms with Crippen molar-refractivity contribution >= 4 is 29.3 Å². The Hall–Kier alpha value is -4.20. The van der Waals surface area contributed by atoms with Gasteiger partial charge in [0.25, 0.3) is 23.6 Å². The highest BCUT2D eigenvalue weighted by Gasteiger charge is 2.54. The zero-order chi connectivity index (χ0) is 23.9. The molecule has 1 aliphatic carbocycles. The molecule has 2 aromatic rings. The van der Waals surface area contributed by atoms with Gasteiger partial charge in [0, 0.05) is 34.4 Å². The summed E-state index contributed by atoms with van der Waals surface area (Å²) >= 11 is 0. The van der Waals surface area contributed by atoms with Gasteiger partial charge in [-0.1, -0.05) is 25.0 Å². The fourth-order valence-corrected chi connectivity index (χ4v) is 5.34. The number of anilines is 1. The van der Waals surface area contributed by atoms with Crippen molar-refractivity contribution in [2.75, 3.05) is 5.73 Å². The lowest BCUT2D eigenvalue weighted by molar-refractivity contribution is -0.125. The van der Waals surface area contributed by atoms with E-state index in [0.717, 1.165) is 18.4 Å². The average Bonchev–Trinajstić information content (AvgIpc) is 3.35. The number of nitrogen functional groups attached to an aromatic ring is 1. The molecule has 34 heavy (non-hydrogen) atoms. The molecule has 0 bridgehead atoms. The van der Waals surface area contributed by atoms with Gasteiger partial charge in [-0.15, -0.1) is 0 Å². The predicted molar refractivity (Wildman–Crippen MR) is 123 cm³/mol. The van der Waals surface area contributed by atoms with Gasteiger partial charge < -0.3 is 10.5 Å². The van der Waals surface area contributed by atoms with E-state index in [4.69, 9.17) is 10.5 Å². The van der Waals surface area contributed by atoms with Gasteiger partial charge in [-0.2, -0.15) is 0 Å². The molecule has 0 saturated heterocycles. The van der Waals surface area contributed by atoms with Crippen molar-refractivity contribution in [3.05, 3.63) is 77.4 Å². The number of benzene rings is 2. The molecule has 2 aromatic carbocycles. The molecular weight excluding hydrogens is 434 g/mol. The van der Waals surface area contributed by atoms with Crippen LogP contribution in [0, 0.1) is 5.41 Å². The van der Waals surface area contributed by atoms with Crippen LogP contribution in [0.25, 0.3) is 0 Å². The molecule has 0 aromatic heterocycles. The fourth-order valence-electron chi connectivity index (χ4n) is 5.34. The topological polar surface area (TPSA) is 128 Å².